The van der Waals surface area contributed by atoms with Gasteiger partial charge < -0.3 is 10.1 Å². The average molecular weight is 358 g/mol. The third-order valence-electron chi connectivity index (χ3n) is 4.57. The molecular formula is C18H18N2O2S2. The Morgan fingerprint density at radius 1 is 1.21 bits per heavy atom. The molecule has 124 valence electrons. The fourth-order valence-corrected chi connectivity index (χ4v) is 5.02. The molecule has 1 N–H and O–H groups in total. The first kappa shape index (κ1) is 15.7. The predicted molar refractivity (Wildman–Crippen MR) is 98.0 cm³/mol. The van der Waals surface area contributed by atoms with E-state index in [4.69, 9.17) is 4.74 Å². The van der Waals surface area contributed by atoms with Crippen LogP contribution in [0.5, 0.6) is 0 Å². The highest BCUT2D eigenvalue weighted by molar-refractivity contribution is 7.20. The van der Waals surface area contributed by atoms with Crippen LogP contribution in [-0.2, 0) is 10.2 Å². The summed E-state index contributed by atoms with van der Waals surface area (Å²) in [5, 5.41) is 5.75. The van der Waals surface area contributed by atoms with Gasteiger partial charge in [-0.25, -0.2) is 4.98 Å². The number of thiazole rings is 1. The molecule has 1 aliphatic heterocycles. The normalized spacial score (nSPS) is 17.0. The maximum atomic E-state index is 12.6. The summed E-state index contributed by atoms with van der Waals surface area (Å²) >= 11 is 3.20. The van der Waals surface area contributed by atoms with Crippen molar-refractivity contribution in [3.05, 3.63) is 51.7 Å². The quantitative estimate of drug-likeness (QED) is 0.771. The number of nitrogens with one attached hydrogen (secondary N) is 1. The van der Waals surface area contributed by atoms with Gasteiger partial charge >= 0.3 is 0 Å². The SMILES string of the molecule is O=C(NCC1(c2cccs2)CCOCC1)c1nc2ccccc2s1. The fraction of sp³-hybridized carbons (Fsp3) is 0.333. The molecule has 0 atom stereocenters. The number of carbonyl (C=O) groups excluding carboxylic acids is 1. The van der Waals surface area contributed by atoms with Gasteiger partial charge in [0, 0.05) is 30.1 Å². The molecule has 0 spiro atoms. The topological polar surface area (TPSA) is 51.2 Å². The molecule has 3 heterocycles. The minimum atomic E-state index is -0.0846. The van der Waals surface area contributed by atoms with Crippen LogP contribution in [0.15, 0.2) is 41.8 Å². The highest BCUT2D eigenvalue weighted by Gasteiger charge is 2.36. The summed E-state index contributed by atoms with van der Waals surface area (Å²) in [4.78, 5) is 18.4. The van der Waals surface area contributed by atoms with Crippen molar-refractivity contribution >= 4 is 38.8 Å². The number of amides is 1. The molecule has 6 heteroatoms. The van der Waals surface area contributed by atoms with E-state index in [0.29, 0.717) is 11.6 Å². The number of ether oxygens (including phenoxy) is 1. The zero-order valence-electron chi connectivity index (χ0n) is 13.2. The van der Waals surface area contributed by atoms with E-state index in [1.54, 1.807) is 11.3 Å². The summed E-state index contributed by atoms with van der Waals surface area (Å²) in [6.45, 7) is 2.12. The second-order valence-electron chi connectivity index (χ2n) is 6.04. The lowest BCUT2D eigenvalue weighted by Crippen LogP contribution is -2.44. The van der Waals surface area contributed by atoms with Gasteiger partial charge in [0.15, 0.2) is 5.01 Å². The van der Waals surface area contributed by atoms with E-state index >= 15 is 0 Å². The van der Waals surface area contributed by atoms with Crippen molar-refractivity contribution < 1.29 is 9.53 Å². The number of hydrogen-bond acceptors (Lipinski definition) is 5. The number of benzene rings is 1. The maximum absolute atomic E-state index is 12.6. The van der Waals surface area contributed by atoms with Gasteiger partial charge in [-0.3, -0.25) is 4.79 Å². The van der Waals surface area contributed by atoms with Crippen LogP contribution in [0, 0.1) is 0 Å². The van der Waals surface area contributed by atoms with Crippen molar-refractivity contribution in [2.24, 2.45) is 0 Å². The lowest BCUT2D eigenvalue weighted by molar-refractivity contribution is 0.0499. The summed E-state index contributed by atoms with van der Waals surface area (Å²) in [7, 11) is 0. The van der Waals surface area contributed by atoms with Crippen LogP contribution in [-0.4, -0.2) is 30.6 Å². The molecule has 0 bridgehead atoms. The van der Waals surface area contributed by atoms with Gasteiger partial charge in [0.05, 0.1) is 10.2 Å². The van der Waals surface area contributed by atoms with Gasteiger partial charge in [0.1, 0.15) is 0 Å². The van der Waals surface area contributed by atoms with Crippen LogP contribution in [0.3, 0.4) is 0 Å². The van der Waals surface area contributed by atoms with Crippen LogP contribution in [0.2, 0.25) is 0 Å². The third-order valence-corrected chi connectivity index (χ3v) is 6.72. The summed E-state index contributed by atoms with van der Waals surface area (Å²) in [5.41, 5.74) is 0.866. The Balaban J connectivity index is 1.52. The number of para-hydroxylation sites is 1. The van der Waals surface area contributed by atoms with Crippen molar-refractivity contribution in [3.63, 3.8) is 0 Å². The van der Waals surface area contributed by atoms with E-state index in [9.17, 15) is 4.79 Å². The molecule has 2 aromatic heterocycles. The lowest BCUT2D eigenvalue weighted by Gasteiger charge is -2.36. The molecule has 0 unspecified atom stereocenters. The monoisotopic (exact) mass is 358 g/mol. The Labute approximate surface area is 148 Å². The molecule has 4 nitrogen and oxygen atoms in total. The van der Waals surface area contributed by atoms with Gasteiger partial charge in [0.25, 0.3) is 5.91 Å². The van der Waals surface area contributed by atoms with E-state index in [1.165, 1.54) is 16.2 Å². The summed E-state index contributed by atoms with van der Waals surface area (Å²) in [6, 6.07) is 12.1. The fourth-order valence-electron chi connectivity index (χ4n) is 3.15. The second kappa shape index (κ2) is 6.63. The van der Waals surface area contributed by atoms with Crippen LogP contribution >= 0.6 is 22.7 Å². The second-order valence-corrected chi connectivity index (χ2v) is 8.02. The van der Waals surface area contributed by atoms with Crippen LogP contribution < -0.4 is 5.32 Å². The van der Waals surface area contributed by atoms with Gasteiger partial charge in [-0.1, -0.05) is 18.2 Å². The van der Waals surface area contributed by atoms with E-state index in [2.05, 4.69) is 27.8 Å². The highest BCUT2D eigenvalue weighted by Crippen LogP contribution is 2.37. The van der Waals surface area contributed by atoms with Crippen LogP contribution in [0.4, 0.5) is 0 Å². The number of carbonyl (C=O) groups is 1. The van der Waals surface area contributed by atoms with Gasteiger partial charge in [-0.2, -0.15) is 0 Å². The molecule has 1 aliphatic rings. The molecular weight excluding hydrogens is 340 g/mol. The first-order valence-electron chi connectivity index (χ1n) is 8.02. The molecule has 0 saturated carbocycles. The molecule has 0 aliphatic carbocycles. The minimum absolute atomic E-state index is 0.0151. The summed E-state index contributed by atoms with van der Waals surface area (Å²) in [6.07, 6.45) is 1.88. The Morgan fingerprint density at radius 3 is 2.79 bits per heavy atom. The van der Waals surface area contributed by atoms with E-state index in [1.807, 2.05) is 24.3 Å². The molecule has 1 saturated heterocycles. The Kier molecular flexibility index (Phi) is 4.35. The molecule has 3 aromatic rings. The number of hydrogen-bond donors (Lipinski definition) is 1. The molecule has 1 aromatic carbocycles. The lowest BCUT2D eigenvalue weighted by atomic mass is 9.78. The highest BCUT2D eigenvalue weighted by atomic mass is 32.1. The van der Waals surface area contributed by atoms with Crippen molar-refractivity contribution in [1.82, 2.24) is 10.3 Å². The average Bonchev–Trinajstić information content (AvgIpc) is 3.30. The number of thiophene rings is 1. The smallest absolute Gasteiger partial charge is 0.280 e. The van der Waals surface area contributed by atoms with Gasteiger partial charge in [-0.05, 0) is 36.4 Å². The van der Waals surface area contributed by atoms with Gasteiger partial charge in [0.2, 0.25) is 0 Å². The first-order valence-corrected chi connectivity index (χ1v) is 9.72. The molecule has 1 fully saturated rings. The van der Waals surface area contributed by atoms with E-state index < -0.39 is 0 Å². The standard InChI is InChI=1S/C18H18N2O2S2/c21-16(17-20-13-4-1-2-5-14(13)24-17)19-12-18(7-9-22-10-8-18)15-6-3-11-23-15/h1-6,11H,7-10,12H2,(H,19,21). The summed E-state index contributed by atoms with van der Waals surface area (Å²) in [5.74, 6) is -0.0846. The number of aromatic nitrogens is 1. The zero-order valence-corrected chi connectivity index (χ0v) is 14.8. The molecule has 0 radical (unpaired) electrons. The van der Waals surface area contributed by atoms with E-state index in [0.717, 1.165) is 36.3 Å². The first-order chi connectivity index (χ1) is 11.8. The Hall–Kier alpha value is -1.76. The minimum Gasteiger partial charge on any atom is -0.381 e. The summed E-state index contributed by atoms with van der Waals surface area (Å²) < 4.78 is 6.58. The van der Waals surface area contributed by atoms with Crippen LogP contribution in [0.1, 0.15) is 27.5 Å². The molecule has 4 rings (SSSR count). The largest absolute Gasteiger partial charge is 0.381 e. The van der Waals surface area contributed by atoms with Gasteiger partial charge in [-0.15, -0.1) is 22.7 Å². The zero-order chi connectivity index (χ0) is 16.4. The van der Waals surface area contributed by atoms with Crippen molar-refractivity contribution in [2.45, 2.75) is 18.3 Å². The Bertz CT molecular complexity index is 803. The molecule has 24 heavy (non-hydrogen) atoms. The maximum Gasteiger partial charge on any atom is 0.280 e. The van der Waals surface area contributed by atoms with Crippen molar-refractivity contribution in [1.29, 1.82) is 0 Å². The van der Waals surface area contributed by atoms with Crippen molar-refractivity contribution in [2.75, 3.05) is 19.8 Å². The van der Waals surface area contributed by atoms with Crippen LogP contribution in [0.25, 0.3) is 10.2 Å². The number of rotatable bonds is 4. The molecule has 1 amide bonds. The number of nitrogens with zero attached hydrogens (tertiary/aromatic N) is 1. The van der Waals surface area contributed by atoms with E-state index in [-0.39, 0.29) is 11.3 Å². The Morgan fingerprint density at radius 2 is 2.04 bits per heavy atom. The van der Waals surface area contributed by atoms with Crippen molar-refractivity contribution in [3.8, 4) is 0 Å². The number of fused-ring (bicyclic) bond motifs is 1. The third kappa shape index (κ3) is 2.97. The predicted octanol–water partition coefficient (Wildman–Crippen LogP) is 3.84.